The zero-order valence-corrected chi connectivity index (χ0v) is 13.0. The van der Waals surface area contributed by atoms with Gasteiger partial charge in [-0.25, -0.2) is 8.42 Å². The Hall–Kier alpha value is -2.22. The summed E-state index contributed by atoms with van der Waals surface area (Å²) in [6, 6.07) is 9.38. The largest absolute Gasteiger partial charge is 0.356 e. The van der Waals surface area contributed by atoms with E-state index in [9.17, 15) is 13.2 Å². The van der Waals surface area contributed by atoms with E-state index in [0.717, 1.165) is 11.8 Å². The normalized spacial score (nSPS) is 11.3. The molecule has 1 heterocycles. The second-order valence-electron chi connectivity index (χ2n) is 4.86. The molecule has 118 valence electrons. The molecule has 1 aromatic carbocycles. The van der Waals surface area contributed by atoms with Crippen LogP contribution in [-0.2, 0) is 21.1 Å². The van der Waals surface area contributed by atoms with Crippen molar-refractivity contribution in [3.8, 4) is 11.5 Å². The Balaban J connectivity index is 1.78. The smallest absolute Gasteiger partial charge is 0.257 e. The number of rotatable bonds is 7. The molecule has 0 saturated carbocycles. The first-order valence-corrected chi connectivity index (χ1v) is 8.82. The number of hydrogen-bond acceptors (Lipinski definition) is 6. The Morgan fingerprint density at radius 1 is 1.27 bits per heavy atom. The molecule has 0 aliphatic heterocycles. The fourth-order valence-electron chi connectivity index (χ4n) is 1.73. The van der Waals surface area contributed by atoms with Gasteiger partial charge in [0.15, 0.2) is 5.82 Å². The highest BCUT2D eigenvalue weighted by atomic mass is 32.2. The highest BCUT2D eigenvalue weighted by Gasteiger charge is 2.10. The number of carbonyl (C=O) groups is 1. The van der Waals surface area contributed by atoms with Crippen molar-refractivity contribution in [3.63, 3.8) is 0 Å². The third-order valence-corrected chi connectivity index (χ3v) is 3.81. The van der Waals surface area contributed by atoms with Crippen LogP contribution in [0.5, 0.6) is 0 Å². The molecule has 1 amide bonds. The highest BCUT2D eigenvalue weighted by Crippen LogP contribution is 2.15. The van der Waals surface area contributed by atoms with Gasteiger partial charge in [0.1, 0.15) is 9.84 Å². The molecule has 0 fully saturated rings. The van der Waals surface area contributed by atoms with Crippen molar-refractivity contribution in [1.29, 1.82) is 0 Å². The van der Waals surface area contributed by atoms with Crippen molar-refractivity contribution >= 4 is 15.7 Å². The summed E-state index contributed by atoms with van der Waals surface area (Å²) in [5.41, 5.74) is 0.832. The van der Waals surface area contributed by atoms with Gasteiger partial charge in [-0.05, 0) is 12.1 Å². The zero-order valence-electron chi connectivity index (χ0n) is 12.2. The van der Waals surface area contributed by atoms with Crippen LogP contribution in [-0.4, -0.2) is 43.0 Å². The van der Waals surface area contributed by atoms with E-state index in [1.165, 1.54) is 0 Å². The molecule has 0 unspecified atom stereocenters. The first kappa shape index (κ1) is 16.2. The molecular formula is C14H17N3O4S. The van der Waals surface area contributed by atoms with Crippen LogP contribution in [0.25, 0.3) is 11.5 Å². The van der Waals surface area contributed by atoms with Crippen molar-refractivity contribution < 1.29 is 17.7 Å². The summed E-state index contributed by atoms with van der Waals surface area (Å²) in [7, 11) is -3.12. The third-order valence-electron chi connectivity index (χ3n) is 2.86. The zero-order chi connectivity index (χ0) is 16.0. The van der Waals surface area contributed by atoms with E-state index in [2.05, 4.69) is 15.5 Å². The van der Waals surface area contributed by atoms with Crippen LogP contribution in [0.1, 0.15) is 12.2 Å². The minimum absolute atomic E-state index is 0.0413. The molecule has 0 atom stereocenters. The number of nitrogens with zero attached hydrogens (tertiary/aromatic N) is 2. The van der Waals surface area contributed by atoms with Gasteiger partial charge in [-0.2, -0.15) is 4.98 Å². The fraction of sp³-hybridized carbons (Fsp3) is 0.357. The van der Waals surface area contributed by atoms with Gasteiger partial charge in [0.25, 0.3) is 5.89 Å². The van der Waals surface area contributed by atoms with E-state index in [0.29, 0.717) is 24.7 Å². The van der Waals surface area contributed by atoms with Gasteiger partial charge in [-0.1, -0.05) is 23.4 Å². The third kappa shape index (κ3) is 5.28. The minimum atomic E-state index is -3.12. The summed E-state index contributed by atoms with van der Waals surface area (Å²) < 4.78 is 27.1. The Labute approximate surface area is 128 Å². The average molecular weight is 323 g/mol. The molecule has 0 radical (unpaired) electrons. The summed E-state index contributed by atoms with van der Waals surface area (Å²) >= 11 is 0. The summed E-state index contributed by atoms with van der Waals surface area (Å²) in [6.45, 7) is 0.330. The predicted octanol–water partition coefficient (Wildman–Crippen LogP) is 0.830. The van der Waals surface area contributed by atoms with Crippen molar-refractivity contribution in [2.75, 3.05) is 18.6 Å². The van der Waals surface area contributed by atoms with Gasteiger partial charge in [0, 0.05) is 31.2 Å². The molecule has 1 N–H and O–H groups in total. The quantitative estimate of drug-likeness (QED) is 0.809. The maximum Gasteiger partial charge on any atom is 0.257 e. The number of amides is 1. The molecule has 1 aromatic heterocycles. The Morgan fingerprint density at radius 2 is 2.00 bits per heavy atom. The monoisotopic (exact) mass is 323 g/mol. The van der Waals surface area contributed by atoms with E-state index in [1.807, 2.05) is 30.3 Å². The number of carbonyl (C=O) groups excluding carboxylic acids is 1. The van der Waals surface area contributed by atoms with Gasteiger partial charge in [0.05, 0.1) is 5.75 Å². The summed E-state index contributed by atoms with van der Waals surface area (Å²) in [5.74, 6) is 0.456. The second-order valence-corrected chi connectivity index (χ2v) is 7.12. The van der Waals surface area contributed by atoms with Crippen LogP contribution in [0.4, 0.5) is 0 Å². The molecule has 0 aliphatic carbocycles. The first-order valence-electron chi connectivity index (χ1n) is 6.76. The molecular weight excluding hydrogens is 306 g/mol. The number of hydrogen-bond donors (Lipinski definition) is 1. The maximum absolute atomic E-state index is 11.5. The summed E-state index contributed by atoms with van der Waals surface area (Å²) in [5, 5.41) is 6.47. The molecule has 7 nitrogen and oxygen atoms in total. The highest BCUT2D eigenvalue weighted by molar-refractivity contribution is 7.90. The number of benzene rings is 1. The van der Waals surface area contributed by atoms with Crippen LogP contribution in [0.3, 0.4) is 0 Å². The SMILES string of the molecule is CS(=O)(=O)CCC(=O)NCCc1noc(-c2ccccc2)n1. The Bertz CT molecular complexity index is 726. The molecule has 2 rings (SSSR count). The number of nitrogens with one attached hydrogen (secondary N) is 1. The van der Waals surface area contributed by atoms with Crippen molar-refractivity contribution in [2.45, 2.75) is 12.8 Å². The standard InChI is InChI=1S/C14H17N3O4S/c1-22(19,20)10-8-13(18)15-9-7-12-16-14(21-17-12)11-5-3-2-4-6-11/h2-6H,7-10H2,1H3,(H,15,18). The molecule has 2 aromatic rings. The van der Waals surface area contributed by atoms with E-state index in [1.54, 1.807) is 0 Å². The Morgan fingerprint density at radius 3 is 2.68 bits per heavy atom. The number of aromatic nitrogens is 2. The van der Waals surface area contributed by atoms with Crippen molar-refractivity contribution in [3.05, 3.63) is 36.2 Å². The lowest BCUT2D eigenvalue weighted by atomic mass is 10.2. The number of sulfone groups is 1. The van der Waals surface area contributed by atoms with Crippen molar-refractivity contribution in [1.82, 2.24) is 15.5 Å². The van der Waals surface area contributed by atoms with E-state index in [4.69, 9.17) is 4.52 Å². The van der Waals surface area contributed by atoms with Gasteiger partial charge in [-0.15, -0.1) is 0 Å². The van der Waals surface area contributed by atoms with E-state index < -0.39 is 9.84 Å². The molecule has 0 aliphatic rings. The average Bonchev–Trinajstić information content (AvgIpc) is 2.94. The van der Waals surface area contributed by atoms with Gasteiger partial charge in [0.2, 0.25) is 5.91 Å². The lowest BCUT2D eigenvalue weighted by molar-refractivity contribution is -0.120. The molecule has 0 bridgehead atoms. The maximum atomic E-state index is 11.5. The second kappa shape index (κ2) is 7.17. The Kier molecular flexibility index (Phi) is 5.26. The molecule has 0 saturated heterocycles. The van der Waals surface area contributed by atoms with Gasteiger partial charge < -0.3 is 9.84 Å². The summed E-state index contributed by atoms with van der Waals surface area (Å²) in [6.07, 6.45) is 1.48. The molecule has 8 heteroatoms. The van der Waals surface area contributed by atoms with Crippen LogP contribution in [0.15, 0.2) is 34.9 Å². The van der Waals surface area contributed by atoms with Crippen molar-refractivity contribution in [2.24, 2.45) is 0 Å². The topological polar surface area (TPSA) is 102 Å². The van der Waals surface area contributed by atoms with Crippen LogP contribution in [0, 0.1) is 0 Å². The lowest BCUT2D eigenvalue weighted by Crippen LogP contribution is -2.27. The summed E-state index contributed by atoms with van der Waals surface area (Å²) in [4.78, 5) is 15.7. The van der Waals surface area contributed by atoms with Crippen LogP contribution < -0.4 is 5.32 Å². The van der Waals surface area contributed by atoms with Gasteiger partial charge >= 0.3 is 0 Å². The van der Waals surface area contributed by atoms with E-state index in [-0.39, 0.29) is 18.1 Å². The molecule has 0 spiro atoms. The first-order chi connectivity index (χ1) is 10.4. The fourth-order valence-corrected chi connectivity index (χ4v) is 2.29. The lowest BCUT2D eigenvalue weighted by Gasteiger charge is -2.02. The van der Waals surface area contributed by atoms with Crippen LogP contribution >= 0.6 is 0 Å². The van der Waals surface area contributed by atoms with Crippen LogP contribution in [0.2, 0.25) is 0 Å². The van der Waals surface area contributed by atoms with E-state index >= 15 is 0 Å². The predicted molar refractivity (Wildman–Crippen MR) is 80.8 cm³/mol. The minimum Gasteiger partial charge on any atom is -0.356 e. The molecule has 22 heavy (non-hydrogen) atoms. The van der Waals surface area contributed by atoms with Gasteiger partial charge in [-0.3, -0.25) is 4.79 Å².